The van der Waals surface area contributed by atoms with E-state index in [1.165, 1.54) is 25.9 Å². The van der Waals surface area contributed by atoms with Crippen LogP contribution in [-0.2, 0) is 0 Å². The summed E-state index contributed by atoms with van der Waals surface area (Å²) in [5.74, 6) is 0.917. The molecule has 0 radical (unpaired) electrons. The molecule has 0 aromatic carbocycles. The van der Waals surface area contributed by atoms with Gasteiger partial charge in [-0.3, -0.25) is 0 Å². The van der Waals surface area contributed by atoms with Gasteiger partial charge in [-0.1, -0.05) is 20.8 Å². The molecule has 1 aliphatic rings. The summed E-state index contributed by atoms with van der Waals surface area (Å²) in [6.45, 7) is 14.1. The molecule has 1 heterocycles. The van der Waals surface area contributed by atoms with Gasteiger partial charge >= 0.3 is 0 Å². The van der Waals surface area contributed by atoms with Crippen LogP contribution >= 0.6 is 9.24 Å². The summed E-state index contributed by atoms with van der Waals surface area (Å²) in [6.07, 6.45) is 2.71. The number of nitrogens with zero attached hydrogens (tertiary/aromatic N) is 1. The van der Waals surface area contributed by atoms with Gasteiger partial charge in [-0.25, -0.2) is 0 Å². The Bertz CT molecular complexity index is 185. The van der Waals surface area contributed by atoms with E-state index >= 15 is 0 Å². The van der Waals surface area contributed by atoms with Gasteiger partial charge in [0.2, 0.25) is 0 Å². The topological polar surface area (TPSA) is 3.24 Å². The molecule has 0 unspecified atom stereocenters. The van der Waals surface area contributed by atoms with Gasteiger partial charge in [0.15, 0.2) is 0 Å². The molecule has 0 saturated carbocycles. The van der Waals surface area contributed by atoms with Crippen molar-refractivity contribution in [2.75, 3.05) is 13.1 Å². The second-order valence-electron chi connectivity index (χ2n) is 5.85. The van der Waals surface area contributed by atoms with Gasteiger partial charge in [-0.15, -0.1) is 5.16 Å². The Labute approximate surface area is 91.8 Å². The SMILES string of the molecule is CC1CCN(C(C)(C)C(C)(C)[PH-])CC1. The summed E-state index contributed by atoms with van der Waals surface area (Å²) in [5, 5.41) is 0.174. The van der Waals surface area contributed by atoms with Crippen molar-refractivity contribution in [3.05, 3.63) is 0 Å². The van der Waals surface area contributed by atoms with E-state index in [4.69, 9.17) is 0 Å². The largest absolute Gasteiger partial charge is 0.550 e. The summed E-state index contributed by atoms with van der Waals surface area (Å²) in [7, 11) is 3.86. The van der Waals surface area contributed by atoms with Gasteiger partial charge in [-0.2, -0.15) is 0 Å². The van der Waals surface area contributed by atoms with E-state index in [2.05, 4.69) is 48.8 Å². The van der Waals surface area contributed by atoms with Crippen molar-refractivity contribution >= 4 is 9.24 Å². The molecule has 1 saturated heterocycles. The quantitative estimate of drug-likeness (QED) is 0.637. The molecule has 1 nitrogen and oxygen atoms in total. The highest BCUT2D eigenvalue weighted by Gasteiger charge is 2.34. The van der Waals surface area contributed by atoms with Gasteiger partial charge < -0.3 is 14.1 Å². The van der Waals surface area contributed by atoms with Crippen LogP contribution in [0.5, 0.6) is 0 Å². The lowest BCUT2D eigenvalue weighted by molar-refractivity contribution is 0.0563. The van der Waals surface area contributed by atoms with Crippen molar-refractivity contribution in [1.82, 2.24) is 4.90 Å². The lowest BCUT2D eigenvalue weighted by atomic mass is 9.84. The van der Waals surface area contributed by atoms with Crippen molar-refractivity contribution in [2.45, 2.75) is 58.2 Å². The third-order valence-electron chi connectivity index (χ3n) is 4.10. The molecular weight excluding hydrogens is 189 g/mol. The number of piperidine rings is 1. The number of hydrogen-bond acceptors (Lipinski definition) is 1. The molecule has 0 bridgehead atoms. The van der Waals surface area contributed by atoms with Gasteiger partial charge in [-0.05, 0) is 51.2 Å². The highest BCUT2D eigenvalue weighted by atomic mass is 31.0. The van der Waals surface area contributed by atoms with Crippen LogP contribution in [0.4, 0.5) is 0 Å². The van der Waals surface area contributed by atoms with Crippen LogP contribution in [0.25, 0.3) is 0 Å². The molecular formula is C12H25NP-. The summed E-state index contributed by atoms with van der Waals surface area (Å²) in [4.78, 5) is 2.62. The van der Waals surface area contributed by atoms with Crippen molar-refractivity contribution in [3.8, 4) is 0 Å². The maximum absolute atomic E-state index is 3.86. The lowest BCUT2D eigenvalue weighted by Gasteiger charge is -2.55. The zero-order chi connectivity index (χ0) is 11.0. The first-order valence-electron chi connectivity index (χ1n) is 5.75. The van der Waals surface area contributed by atoms with E-state index in [-0.39, 0.29) is 10.7 Å². The predicted molar refractivity (Wildman–Crippen MR) is 66.4 cm³/mol. The van der Waals surface area contributed by atoms with Crippen LogP contribution in [-0.4, -0.2) is 28.7 Å². The Balaban J connectivity index is 2.65. The molecule has 1 aliphatic heterocycles. The van der Waals surface area contributed by atoms with Crippen LogP contribution < -0.4 is 0 Å². The molecule has 84 valence electrons. The van der Waals surface area contributed by atoms with E-state index < -0.39 is 0 Å². The van der Waals surface area contributed by atoms with E-state index in [0.717, 1.165) is 5.92 Å². The number of likely N-dealkylation sites (tertiary alicyclic amines) is 1. The summed E-state index contributed by atoms with van der Waals surface area (Å²) in [5.41, 5.74) is 0.240. The minimum absolute atomic E-state index is 0.174. The Morgan fingerprint density at radius 3 is 1.86 bits per heavy atom. The van der Waals surface area contributed by atoms with Crippen LogP contribution in [0.1, 0.15) is 47.5 Å². The second kappa shape index (κ2) is 4.10. The van der Waals surface area contributed by atoms with Gasteiger partial charge in [0.1, 0.15) is 0 Å². The smallest absolute Gasteiger partial charge is 0.00116 e. The minimum atomic E-state index is 0.174. The van der Waals surface area contributed by atoms with E-state index in [9.17, 15) is 0 Å². The first kappa shape index (κ1) is 12.5. The van der Waals surface area contributed by atoms with Crippen LogP contribution in [0.2, 0.25) is 0 Å². The third kappa shape index (κ3) is 2.49. The van der Waals surface area contributed by atoms with Crippen molar-refractivity contribution in [2.24, 2.45) is 5.92 Å². The fourth-order valence-electron chi connectivity index (χ4n) is 1.96. The number of rotatable bonds is 2. The maximum atomic E-state index is 3.86. The monoisotopic (exact) mass is 214 g/mol. The zero-order valence-electron chi connectivity index (χ0n) is 10.4. The Hall–Kier alpha value is 0.390. The number of hydrogen-bond donors (Lipinski definition) is 0. The van der Waals surface area contributed by atoms with Gasteiger partial charge in [0.25, 0.3) is 0 Å². The molecule has 0 N–H and O–H groups in total. The van der Waals surface area contributed by atoms with Crippen molar-refractivity contribution < 1.29 is 0 Å². The standard InChI is InChI=1S/C12H25NP/c1-10-6-8-13(9-7-10)11(2,3)12(4,5)14/h10,14H,6-9H2,1-5H3/q-1. The average Bonchev–Trinajstić information content (AvgIpc) is 2.03. The van der Waals surface area contributed by atoms with Crippen molar-refractivity contribution in [1.29, 1.82) is 0 Å². The normalized spacial score (nSPS) is 22.7. The summed E-state index contributed by atoms with van der Waals surface area (Å²) >= 11 is 0. The molecule has 0 atom stereocenters. The molecule has 0 aliphatic carbocycles. The van der Waals surface area contributed by atoms with Crippen LogP contribution in [0.15, 0.2) is 0 Å². The second-order valence-corrected chi connectivity index (χ2v) is 7.10. The maximum Gasteiger partial charge on any atom is -0.00116 e. The highest BCUT2D eigenvalue weighted by Crippen LogP contribution is 2.37. The summed E-state index contributed by atoms with van der Waals surface area (Å²) in [6, 6.07) is 0. The Morgan fingerprint density at radius 2 is 1.50 bits per heavy atom. The Kier molecular flexibility index (Phi) is 3.65. The zero-order valence-corrected chi connectivity index (χ0v) is 11.4. The highest BCUT2D eigenvalue weighted by molar-refractivity contribution is 7.19. The van der Waals surface area contributed by atoms with Gasteiger partial charge in [0, 0.05) is 0 Å². The van der Waals surface area contributed by atoms with Crippen LogP contribution in [0.3, 0.4) is 0 Å². The molecule has 0 spiro atoms. The van der Waals surface area contributed by atoms with Crippen molar-refractivity contribution in [3.63, 3.8) is 0 Å². The van der Waals surface area contributed by atoms with E-state index in [1.807, 2.05) is 0 Å². The lowest BCUT2D eigenvalue weighted by Crippen LogP contribution is -2.57. The molecule has 0 aromatic rings. The van der Waals surface area contributed by atoms with E-state index in [0.29, 0.717) is 0 Å². The molecule has 14 heavy (non-hydrogen) atoms. The Morgan fingerprint density at radius 1 is 1.07 bits per heavy atom. The fourth-order valence-corrected chi connectivity index (χ4v) is 2.12. The van der Waals surface area contributed by atoms with Crippen LogP contribution in [0, 0.1) is 5.92 Å². The minimum Gasteiger partial charge on any atom is -0.550 e. The molecule has 1 fully saturated rings. The molecule has 0 aromatic heterocycles. The fraction of sp³-hybridized carbons (Fsp3) is 1.00. The van der Waals surface area contributed by atoms with Gasteiger partial charge in [0.05, 0.1) is 0 Å². The third-order valence-corrected chi connectivity index (χ3v) is 4.72. The summed E-state index contributed by atoms with van der Waals surface area (Å²) < 4.78 is 0. The van der Waals surface area contributed by atoms with E-state index in [1.54, 1.807) is 0 Å². The molecule has 1 rings (SSSR count). The molecule has 0 amide bonds. The first-order chi connectivity index (χ1) is 6.25. The predicted octanol–water partition coefficient (Wildman–Crippen LogP) is 3.42. The average molecular weight is 214 g/mol. The first-order valence-corrected chi connectivity index (χ1v) is 6.25. The molecule has 2 heteroatoms.